The van der Waals surface area contributed by atoms with Gasteiger partial charge in [0.15, 0.2) is 0 Å². The monoisotopic (exact) mass is 165 g/mol. The fourth-order valence-electron chi connectivity index (χ4n) is 2.06. The molecule has 0 amide bonds. The summed E-state index contributed by atoms with van der Waals surface area (Å²) in [7, 11) is 2.16. The Morgan fingerprint density at radius 1 is 1.33 bits per heavy atom. The third kappa shape index (κ3) is 1.38. The summed E-state index contributed by atoms with van der Waals surface area (Å²) in [6, 6.07) is 0. The van der Waals surface area contributed by atoms with Crippen molar-refractivity contribution in [3.05, 3.63) is 12.3 Å². The van der Waals surface area contributed by atoms with E-state index in [9.17, 15) is 0 Å². The van der Waals surface area contributed by atoms with Gasteiger partial charge in [-0.25, -0.2) is 4.90 Å². The van der Waals surface area contributed by atoms with Crippen LogP contribution < -0.4 is 0 Å². The Labute approximate surface area is 74.2 Å². The molecule has 0 aliphatic carbocycles. The zero-order chi connectivity index (χ0) is 8.39. The van der Waals surface area contributed by atoms with Crippen LogP contribution in [0.15, 0.2) is 12.3 Å². The van der Waals surface area contributed by atoms with E-state index in [-0.39, 0.29) is 0 Å². The van der Waals surface area contributed by atoms with Gasteiger partial charge in [0.25, 0.3) is 5.84 Å². The van der Waals surface area contributed by atoms with Crippen LogP contribution in [0.1, 0.15) is 25.7 Å². The molecule has 2 aliphatic rings. The van der Waals surface area contributed by atoms with Gasteiger partial charge in [-0.3, -0.25) is 4.58 Å². The standard InChI is InChI=1S/C10H17N2/c1-11-7-5-9-12-8-4-2-3-6-10(11)12/h5,7H,2-4,6,8-9H2,1H3/q+1. The molecule has 0 aromatic heterocycles. The molecule has 12 heavy (non-hydrogen) atoms. The number of hydrogen-bond acceptors (Lipinski definition) is 1. The molecule has 2 rings (SSSR count). The third-order valence-electron chi connectivity index (χ3n) is 2.76. The van der Waals surface area contributed by atoms with Gasteiger partial charge in [-0.15, -0.1) is 0 Å². The van der Waals surface area contributed by atoms with Crippen molar-refractivity contribution in [2.45, 2.75) is 25.7 Å². The molecule has 0 saturated carbocycles. The summed E-state index contributed by atoms with van der Waals surface area (Å²) in [4.78, 5) is 2.27. The molecule has 2 heterocycles. The molecular formula is C10H17N2+. The molecular weight excluding hydrogens is 148 g/mol. The van der Waals surface area contributed by atoms with Gasteiger partial charge in [-0.2, -0.15) is 0 Å². The predicted octanol–water partition coefficient (Wildman–Crippen LogP) is 1.43. The van der Waals surface area contributed by atoms with E-state index >= 15 is 0 Å². The molecule has 0 saturated heterocycles. The van der Waals surface area contributed by atoms with E-state index in [0.717, 1.165) is 6.54 Å². The van der Waals surface area contributed by atoms with E-state index in [0.29, 0.717) is 0 Å². The Bertz CT molecular complexity index is 228. The molecule has 0 fully saturated rings. The number of rotatable bonds is 0. The lowest BCUT2D eigenvalue weighted by atomic mass is 10.2. The maximum absolute atomic E-state index is 2.51. The van der Waals surface area contributed by atoms with Crippen molar-refractivity contribution >= 4 is 5.84 Å². The molecule has 0 spiro atoms. The Morgan fingerprint density at radius 3 is 3.17 bits per heavy atom. The van der Waals surface area contributed by atoms with Crippen molar-refractivity contribution in [3.63, 3.8) is 0 Å². The fourth-order valence-corrected chi connectivity index (χ4v) is 2.06. The van der Waals surface area contributed by atoms with Gasteiger partial charge in [0.2, 0.25) is 0 Å². The molecule has 0 N–H and O–H groups in total. The molecule has 2 aliphatic heterocycles. The quantitative estimate of drug-likeness (QED) is 0.492. The zero-order valence-corrected chi connectivity index (χ0v) is 7.79. The maximum Gasteiger partial charge on any atom is 0.251 e. The predicted molar refractivity (Wildman–Crippen MR) is 50.4 cm³/mol. The van der Waals surface area contributed by atoms with Crippen molar-refractivity contribution in [1.29, 1.82) is 0 Å². The normalized spacial score (nSPS) is 23.9. The Kier molecular flexibility index (Phi) is 2.15. The summed E-state index contributed by atoms with van der Waals surface area (Å²) in [6.07, 6.45) is 9.83. The number of hydrogen-bond donors (Lipinski definition) is 0. The van der Waals surface area contributed by atoms with E-state index in [1.54, 1.807) is 0 Å². The van der Waals surface area contributed by atoms with Crippen molar-refractivity contribution < 1.29 is 4.58 Å². The van der Waals surface area contributed by atoms with Gasteiger partial charge in [0.1, 0.15) is 6.54 Å². The van der Waals surface area contributed by atoms with Gasteiger partial charge >= 0.3 is 0 Å². The van der Waals surface area contributed by atoms with Gasteiger partial charge < -0.3 is 0 Å². The highest BCUT2D eigenvalue weighted by molar-refractivity contribution is 5.78. The second kappa shape index (κ2) is 3.30. The molecule has 0 radical (unpaired) electrons. The van der Waals surface area contributed by atoms with Crippen LogP contribution in [0.2, 0.25) is 0 Å². The smallest absolute Gasteiger partial charge is 0.251 e. The fraction of sp³-hybridized carbons (Fsp3) is 0.700. The maximum atomic E-state index is 2.51. The van der Waals surface area contributed by atoms with E-state index in [1.807, 2.05) is 0 Å². The van der Waals surface area contributed by atoms with Crippen molar-refractivity contribution in [3.8, 4) is 0 Å². The van der Waals surface area contributed by atoms with E-state index < -0.39 is 0 Å². The van der Waals surface area contributed by atoms with Crippen LogP contribution >= 0.6 is 0 Å². The van der Waals surface area contributed by atoms with Crippen LogP contribution in [-0.4, -0.2) is 35.4 Å². The van der Waals surface area contributed by atoms with E-state index in [4.69, 9.17) is 0 Å². The molecule has 0 unspecified atom stereocenters. The first-order chi connectivity index (χ1) is 5.88. The second-order valence-corrected chi connectivity index (χ2v) is 3.67. The van der Waals surface area contributed by atoms with Crippen LogP contribution in [0.4, 0.5) is 0 Å². The zero-order valence-electron chi connectivity index (χ0n) is 7.79. The van der Waals surface area contributed by atoms with Crippen LogP contribution in [0.3, 0.4) is 0 Å². The SMILES string of the molecule is CN1C=CC[N+]2=C1CCCCC2. The first-order valence-corrected chi connectivity index (χ1v) is 4.88. The highest BCUT2D eigenvalue weighted by Gasteiger charge is 2.21. The molecule has 0 aromatic rings. The average Bonchev–Trinajstić information content (AvgIpc) is 2.30. The highest BCUT2D eigenvalue weighted by Crippen LogP contribution is 2.12. The number of amidine groups is 1. The van der Waals surface area contributed by atoms with E-state index in [1.165, 1.54) is 38.1 Å². The van der Waals surface area contributed by atoms with Crippen LogP contribution in [0.5, 0.6) is 0 Å². The molecule has 0 bridgehead atoms. The van der Waals surface area contributed by atoms with Crippen molar-refractivity contribution in [2.75, 3.05) is 20.1 Å². The van der Waals surface area contributed by atoms with Crippen molar-refractivity contribution in [2.24, 2.45) is 0 Å². The lowest BCUT2D eigenvalue weighted by Crippen LogP contribution is -2.35. The Hall–Kier alpha value is -0.790. The summed E-state index contributed by atoms with van der Waals surface area (Å²) in [5.74, 6) is 1.52. The first-order valence-electron chi connectivity index (χ1n) is 4.88. The van der Waals surface area contributed by atoms with Crippen LogP contribution in [-0.2, 0) is 0 Å². The minimum Gasteiger partial charge on any atom is -0.262 e. The summed E-state index contributed by atoms with van der Waals surface area (Å²) < 4.78 is 2.51. The molecule has 0 atom stereocenters. The lowest BCUT2D eigenvalue weighted by molar-refractivity contribution is -0.524. The second-order valence-electron chi connectivity index (χ2n) is 3.67. The van der Waals surface area contributed by atoms with E-state index in [2.05, 4.69) is 28.8 Å². The van der Waals surface area contributed by atoms with Gasteiger partial charge in [0, 0.05) is 6.42 Å². The first kappa shape index (κ1) is 7.84. The largest absolute Gasteiger partial charge is 0.262 e. The highest BCUT2D eigenvalue weighted by atomic mass is 15.2. The van der Waals surface area contributed by atoms with Gasteiger partial charge in [-0.1, -0.05) is 0 Å². The van der Waals surface area contributed by atoms with Crippen LogP contribution in [0.25, 0.3) is 0 Å². The van der Waals surface area contributed by atoms with Gasteiger partial charge in [0.05, 0.1) is 19.8 Å². The summed E-state index contributed by atoms with van der Waals surface area (Å²) in [5.41, 5.74) is 0. The summed E-state index contributed by atoms with van der Waals surface area (Å²) >= 11 is 0. The Balaban J connectivity index is 2.20. The number of nitrogens with zero attached hydrogens (tertiary/aromatic N) is 2. The molecule has 0 aromatic carbocycles. The minimum absolute atomic E-state index is 1.12. The molecule has 2 heteroatoms. The van der Waals surface area contributed by atoms with Crippen LogP contribution in [0, 0.1) is 0 Å². The topological polar surface area (TPSA) is 6.25 Å². The lowest BCUT2D eigenvalue weighted by Gasteiger charge is -2.17. The molecule has 66 valence electrons. The van der Waals surface area contributed by atoms with Gasteiger partial charge in [-0.05, 0) is 25.3 Å². The summed E-state index contributed by atoms with van der Waals surface area (Å²) in [6.45, 7) is 2.38. The molecule has 2 nitrogen and oxygen atoms in total. The van der Waals surface area contributed by atoms with Crippen molar-refractivity contribution in [1.82, 2.24) is 4.90 Å². The minimum atomic E-state index is 1.12. The summed E-state index contributed by atoms with van der Waals surface area (Å²) in [5, 5.41) is 0. The average molecular weight is 165 g/mol. The third-order valence-corrected chi connectivity index (χ3v) is 2.76. The Morgan fingerprint density at radius 2 is 2.25 bits per heavy atom.